The Bertz CT molecular complexity index is 809. The van der Waals surface area contributed by atoms with Gasteiger partial charge in [-0.3, -0.25) is 4.90 Å². The summed E-state index contributed by atoms with van der Waals surface area (Å²) in [6.07, 6.45) is 4.66. The summed E-state index contributed by atoms with van der Waals surface area (Å²) in [6, 6.07) is 10.3. The van der Waals surface area contributed by atoms with E-state index in [2.05, 4.69) is 27.7 Å². The van der Waals surface area contributed by atoms with Crippen LogP contribution >= 0.6 is 11.3 Å². The normalized spacial score (nSPS) is 30.5. The second-order valence-electron chi connectivity index (χ2n) is 8.32. The molecule has 1 aromatic carbocycles. The predicted octanol–water partition coefficient (Wildman–Crippen LogP) is 3.13. The molecule has 1 aliphatic carbocycles. The molecule has 2 aromatic rings. The molecule has 2 aliphatic heterocycles. The van der Waals surface area contributed by atoms with Crippen molar-refractivity contribution in [2.45, 2.75) is 43.2 Å². The molecular formula is C22H28N2O3S. The van der Waals surface area contributed by atoms with Gasteiger partial charge in [0.25, 0.3) is 0 Å². The Morgan fingerprint density at radius 3 is 2.57 bits per heavy atom. The molecule has 6 heteroatoms. The van der Waals surface area contributed by atoms with Gasteiger partial charge >= 0.3 is 0 Å². The van der Waals surface area contributed by atoms with Crippen molar-refractivity contribution in [1.82, 2.24) is 10.2 Å². The zero-order chi connectivity index (χ0) is 19.0. The maximum atomic E-state index is 11.5. The minimum Gasteiger partial charge on any atom is -0.454 e. The lowest BCUT2D eigenvalue weighted by Crippen LogP contribution is -2.59. The largest absolute Gasteiger partial charge is 0.454 e. The van der Waals surface area contributed by atoms with E-state index in [1.807, 2.05) is 29.5 Å². The second kappa shape index (κ2) is 7.34. The van der Waals surface area contributed by atoms with Gasteiger partial charge in [-0.05, 0) is 54.8 Å². The molecule has 1 saturated carbocycles. The van der Waals surface area contributed by atoms with E-state index in [0.29, 0.717) is 0 Å². The number of piperazine rings is 1. The average Bonchev–Trinajstić information content (AvgIpc) is 3.42. The van der Waals surface area contributed by atoms with Crippen LogP contribution in [0.2, 0.25) is 0 Å². The molecule has 5 rings (SSSR count). The zero-order valence-electron chi connectivity index (χ0n) is 16.2. The van der Waals surface area contributed by atoms with E-state index in [-0.39, 0.29) is 12.3 Å². The van der Waals surface area contributed by atoms with Crippen molar-refractivity contribution in [3.63, 3.8) is 0 Å². The highest BCUT2D eigenvalue weighted by molar-refractivity contribution is 7.09. The molecule has 1 aromatic heterocycles. The number of hydrogen-bond acceptors (Lipinski definition) is 6. The number of thiophene rings is 1. The van der Waals surface area contributed by atoms with Crippen molar-refractivity contribution in [3.05, 3.63) is 46.2 Å². The molecule has 28 heavy (non-hydrogen) atoms. The minimum absolute atomic E-state index is 0.148. The Balaban J connectivity index is 1.38. The van der Waals surface area contributed by atoms with Crippen LogP contribution in [0.15, 0.2) is 35.7 Å². The van der Waals surface area contributed by atoms with Crippen LogP contribution in [-0.4, -0.2) is 48.5 Å². The molecular weight excluding hydrogens is 372 g/mol. The van der Waals surface area contributed by atoms with E-state index < -0.39 is 5.60 Å². The van der Waals surface area contributed by atoms with Gasteiger partial charge in [-0.2, -0.15) is 0 Å². The number of nitrogens with zero attached hydrogens (tertiary/aromatic N) is 1. The fraction of sp³-hybridized carbons (Fsp3) is 0.545. The van der Waals surface area contributed by atoms with E-state index in [1.54, 1.807) is 0 Å². The van der Waals surface area contributed by atoms with Crippen LogP contribution in [-0.2, 0) is 12.0 Å². The van der Waals surface area contributed by atoms with Gasteiger partial charge in [-0.25, -0.2) is 0 Å². The van der Waals surface area contributed by atoms with Crippen LogP contribution < -0.4 is 14.8 Å². The van der Waals surface area contributed by atoms with Gasteiger partial charge in [0.05, 0.1) is 5.60 Å². The van der Waals surface area contributed by atoms with Gasteiger partial charge < -0.3 is 19.9 Å². The van der Waals surface area contributed by atoms with Gasteiger partial charge in [0.1, 0.15) is 0 Å². The maximum Gasteiger partial charge on any atom is 0.231 e. The van der Waals surface area contributed by atoms with Crippen molar-refractivity contribution < 1.29 is 14.6 Å². The molecule has 1 saturated heterocycles. The summed E-state index contributed by atoms with van der Waals surface area (Å²) < 4.78 is 11.0. The van der Waals surface area contributed by atoms with Crippen molar-refractivity contribution in [2.75, 3.05) is 33.0 Å². The topological polar surface area (TPSA) is 54.0 Å². The van der Waals surface area contributed by atoms with Crippen LogP contribution in [0.25, 0.3) is 0 Å². The predicted molar refractivity (Wildman–Crippen MR) is 110 cm³/mol. The van der Waals surface area contributed by atoms with E-state index in [1.165, 1.54) is 4.88 Å². The smallest absolute Gasteiger partial charge is 0.231 e. The number of benzene rings is 1. The monoisotopic (exact) mass is 400 g/mol. The molecule has 0 spiro atoms. The quantitative estimate of drug-likeness (QED) is 0.826. The summed E-state index contributed by atoms with van der Waals surface area (Å²) in [7, 11) is 0. The second-order valence-corrected chi connectivity index (χ2v) is 9.35. The first-order valence-corrected chi connectivity index (χ1v) is 11.2. The van der Waals surface area contributed by atoms with Crippen LogP contribution in [0.5, 0.6) is 11.5 Å². The molecule has 0 amide bonds. The first-order valence-electron chi connectivity index (χ1n) is 10.3. The molecule has 0 bridgehead atoms. The van der Waals surface area contributed by atoms with Crippen molar-refractivity contribution in [2.24, 2.45) is 0 Å². The number of hydrogen-bond donors (Lipinski definition) is 2. The number of ether oxygens (including phenoxy) is 2. The first-order chi connectivity index (χ1) is 13.7. The van der Waals surface area contributed by atoms with E-state index in [4.69, 9.17) is 9.47 Å². The summed E-state index contributed by atoms with van der Waals surface area (Å²) in [6.45, 7) is 4.56. The molecule has 2 fully saturated rings. The fourth-order valence-corrected chi connectivity index (χ4v) is 5.93. The molecule has 3 heterocycles. The summed E-state index contributed by atoms with van der Waals surface area (Å²) >= 11 is 1.85. The van der Waals surface area contributed by atoms with Crippen LogP contribution in [0.4, 0.5) is 0 Å². The third-order valence-electron chi connectivity index (χ3n) is 6.79. The van der Waals surface area contributed by atoms with Crippen molar-refractivity contribution in [3.8, 4) is 11.5 Å². The van der Waals surface area contributed by atoms with Gasteiger partial charge in [-0.15, -0.1) is 11.3 Å². The summed E-state index contributed by atoms with van der Waals surface area (Å²) in [5.41, 5.74) is 0.325. The summed E-state index contributed by atoms with van der Waals surface area (Å²) in [4.78, 5) is 4.13. The molecule has 3 aliphatic rings. The Kier molecular flexibility index (Phi) is 4.83. The van der Waals surface area contributed by atoms with Crippen molar-refractivity contribution in [1.29, 1.82) is 0 Å². The number of aliphatic hydroxyl groups is 1. The Morgan fingerprint density at radius 2 is 1.82 bits per heavy atom. The molecule has 5 nitrogen and oxygen atoms in total. The van der Waals surface area contributed by atoms with Gasteiger partial charge in [0.2, 0.25) is 6.79 Å². The number of nitrogens with one attached hydrogen (secondary N) is 1. The third-order valence-corrected chi connectivity index (χ3v) is 7.67. The van der Waals surface area contributed by atoms with Crippen molar-refractivity contribution >= 4 is 11.3 Å². The Labute approximate surface area is 170 Å². The van der Waals surface area contributed by atoms with Gasteiger partial charge in [0, 0.05) is 43.0 Å². The molecule has 150 valence electrons. The summed E-state index contributed by atoms with van der Waals surface area (Å²) in [5, 5.41) is 17.2. The van der Waals surface area contributed by atoms with E-state index in [9.17, 15) is 5.11 Å². The molecule has 0 unspecified atom stereocenters. The number of rotatable bonds is 4. The standard InChI is InChI=1S/C22H28N2O3S/c25-22(17-3-4-19-20(14-17)27-16-26-19)7-5-21(6-8-22,15-18-2-1-13-28-18)24-11-9-23-10-12-24/h1-4,13-14,23,25H,5-12,15-16H2. The van der Waals surface area contributed by atoms with E-state index >= 15 is 0 Å². The highest BCUT2D eigenvalue weighted by Crippen LogP contribution is 2.47. The zero-order valence-corrected chi connectivity index (χ0v) is 17.0. The SMILES string of the molecule is OC1(c2ccc3c(c2)OCO3)CCC(Cc2cccs2)(N2CCNCC2)CC1. The highest BCUT2D eigenvalue weighted by atomic mass is 32.1. The lowest BCUT2D eigenvalue weighted by molar-refractivity contribution is -0.0625. The summed E-state index contributed by atoms with van der Waals surface area (Å²) in [5.74, 6) is 1.53. The highest BCUT2D eigenvalue weighted by Gasteiger charge is 2.46. The first kappa shape index (κ1) is 18.4. The van der Waals surface area contributed by atoms with Gasteiger partial charge in [0.15, 0.2) is 11.5 Å². The van der Waals surface area contributed by atoms with Crippen LogP contribution in [0, 0.1) is 0 Å². The van der Waals surface area contributed by atoms with E-state index in [0.717, 1.165) is 75.3 Å². The van der Waals surface area contributed by atoms with Crippen LogP contribution in [0.3, 0.4) is 0 Å². The maximum absolute atomic E-state index is 11.5. The fourth-order valence-electron chi connectivity index (χ4n) is 5.09. The van der Waals surface area contributed by atoms with Crippen LogP contribution in [0.1, 0.15) is 36.1 Å². The van der Waals surface area contributed by atoms with Gasteiger partial charge in [-0.1, -0.05) is 12.1 Å². The lowest BCUT2D eigenvalue weighted by atomic mass is 9.69. The molecule has 0 atom stereocenters. The number of fused-ring (bicyclic) bond motifs is 1. The Hall–Kier alpha value is -1.60. The molecule has 2 N–H and O–H groups in total. The Morgan fingerprint density at radius 1 is 1.04 bits per heavy atom. The lowest BCUT2D eigenvalue weighted by Gasteiger charge is -2.51. The minimum atomic E-state index is -0.784. The molecule has 0 radical (unpaired) electrons. The average molecular weight is 401 g/mol. The third kappa shape index (κ3) is 3.32.